The van der Waals surface area contributed by atoms with E-state index in [1.807, 2.05) is 25.1 Å². The van der Waals surface area contributed by atoms with E-state index in [4.69, 9.17) is 0 Å². The summed E-state index contributed by atoms with van der Waals surface area (Å²) in [6.07, 6.45) is 0.888. The van der Waals surface area contributed by atoms with Gasteiger partial charge in [0.2, 0.25) is 5.91 Å². The van der Waals surface area contributed by atoms with Gasteiger partial charge in [0.1, 0.15) is 11.6 Å². The van der Waals surface area contributed by atoms with Crippen molar-refractivity contribution in [3.8, 4) is 0 Å². The number of nitrogens with one attached hydrogen (secondary N) is 2. The van der Waals surface area contributed by atoms with Gasteiger partial charge in [0.05, 0.1) is 12.2 Å². The maximum absolute atomic E-state index is 11.8. The zero-order chi connectivity index (χ0) is 18.9. The van der Waals surface area contributed by atoms with E-state index in [0.29, 0.717) is 12.5 Å². The summed E-state index contributed by atoms with van der Waals surface area (Å²) in [4.78, 5) is 23.5. The lowest BCUT2D eigenvalue weighted by Crippen LogP contribution is -2.39. The molecule has 1 aromatic carbocycles. The molecular weight excluding hydrogens is 346 g/mol. The first-order chi connectivity index (χ1) is 12.5. The quantitative estimate of drug-likeness (QED) is 0.576. The van der Waals surface area contributed by atoms with Crippen LogP contribution in [0.25, 0.3) is 0 Å². The van der Waals surface area contributed by atoms with Crippen LogP contribution in [0.3, 0.4) is 0 Å². The van der Waals surface area contributed by atoms with Crippen molar-refractivity contribution in [1.82, 2.24) is 20.5 Å². The smallest absolute Gasteiger partial charge is 0.243 e. The van der Waals surface area contributed by atoms with E-state index in [-0.39, 0.29) is 12.5 Å². The van der Waals surface area contributed by atoms with Gasteiger partial charge >= 0.3 is 0 Å². The normalized spacial score (nSPS) is 11.3. The van der Waals surface area contributed by atoms with Crippen LogP contribution in [0, 0.1) is 13.8 Å². The minimum atomic E-state index is -0.0323. The lowest BCUT2D eigenvalue weighted by atomic mass is 10.1. The Morgan fingerprint density at radius 3 is 2.54 bits per heavy atom. The van der Waals surface area contributed by atoms with Gasteiger partial charge < -0.3 is 15.5 Å². The summed E-state index contributed by atoms with van der Waals surface area (Å²) in [5.74, 6) is 0.594. The lowest BCUT2D eigenvalue weighted by molar-refractivity contribution is -0.127. The van der Waals surface area contributed by atoms with Crippen LogP contribution in [0.15, 0.2) is 35.3 Å². The Kier molecular flexibility index (Phi) is 7.59. The van der Waals surface area contributed by atoms with Crippen molar-refractivity contribution in [3.63, 3.8) is 0 Å². The number of carbonyl (C=O) groups excluding carboxylic acids is 1. The Bertz CT molecular complexity index is 720. The van der Waals surface area contributed by atoms with Crippen molar-refractivity contribution in [3.05, 3.63) is 51.5 Å². The summed E-state index contributed by atoms with van der Waals surface area (Å²) >= 11 is 1.67. The van der Waals surface area contributed by atoms with Gasteiger partial charge in [-0.3, -0.25) is 4.79 Å². The maximum Gasteiger partial charge on any atom is 0.243 e. The summed E-state index contributed by atoms with van der Waals surface area (Å²) in [5, 5.41) is 7.58. The zero-order valence-corrected chi connectivity index (χ0v) is 16.7. The highest BCUT2D eigenvalue weighted by Gasteiger charge is 2.07. The number of aliphatic imine (C=N–C) groups is 1. The molecule has 0 spiro atoms. The Hall–Kier alpha value is -2.41. The molecule has 7 heteroatoms. The number of amides is 1. The Balaban J connectivity index is 1.93. The predicted molar refractivity (Wildman–Crippen MR) is 108 cm³/mol. The number of aromatic nitrogens is 1. The van der Waals surface area contributed by atoms with Crippen molar-refractivity contribution in [2.75, 3.05) is 27.2 Å². The van der Waals surface area contributed by atoms with Crippen LogP contribution < -0.4 is 10.6 Å². The first-order valence-electron chi connectivity index (χ1n) is 8.65. The van der Waals surface area contributed by atoms with Crippen LogP contribution in [0.4, 0.5) is 0 Å². The molecule has 0 unspecified atom stereocenters. The van der Waals surface area contributed by atoms with Gasteiger partial charge in [0.15, 0.2) is 5.96 Å². The highest BCUT2D eigenvalue weighted by Crippen LogP contribution is 2.15. The average molecular weight is 374 g/mol. The molecule has 1 heterocycles. The third-order valence-corrected chi connectivity index (χ3v) is 4.97. The summed E-state index contributed by atoms with van der Waals surface area (Å²) < 4.78 is 0. The fourth-order valence-electron chi connectivity index (χ4n) is 2.21. The van der Waals surface area contributed by atoms with Crippen molar-refractivity contribution >= 4 is 23.2 Å². The number of hydrogen-bond acceptors (Lipinski definition) is 4. The van der Waals surface area contributed by atoms with E-state index in [2.05, 4.69) is 39.7 Å². The summed E-state index contributed by atoms with van der Waals surface area (Å²) in [6, 6.07) is 10.3. The highest BCUT2D eigenvalue weighted by molar-refractivity contribution is 7.11. The molecule has 2 aromatic rings. The number of aryl methyl sites for hydroxylation is 2. The van der Waals surface area contributed by atoms with Crippen molar-refractivity contribution < 1.29 is 4.79 Å². The molecule has 0 saturated heterocycles. The molecule has 0 bridgehead atoms. The molecule has 0 aliphatic carbocycles. The van der Waals surface area contributed by atoms with Crippen LogP contribution in [-0.4, -0.2) is 48.9 Å². The molecule has 0 atom stereocenters. The fraction of sp³-hybridized carbons (Fsp3) is 0.421. The van der Waals surface area contributed by atoms with Crippen molar-refractivity contribution in [1.29, 1.82) is 0 Å². The molecular formula is C19H27N5OS. The molecule has 26 heavy (non-hydrogen) atoms. The zero-order valence-electron chi connectivity index (χ0n) is 15.9. The predicted octanol–water partition coefficient (Wildman–Crippen LogP) is 2.13. The van der Waals surface area contributed by atoms with E-state index in [1.165, 1.54) is 10.4 Å². The van der Waals surface area contributed by atoms with Crippen molar-refractivity contribution in [2.24, 2.45) is 4.99 Å². The second kappa shape index (κ2) is 9.91. The summed E-state index contributed by atoms with van der Waals surface area (Å²) in [7, 11) is 3.46. The van der Waals surface area contributed by atoms with E-state index in [0.717, 1.165) is 23.7 Å². The van der Waals surface area contributed by atoms with Gasteiger partial charge in [-0.1, -0.05) is 30.3 Å². The first-order valence-corrected chi connectivity index (χ1v) is 9.46. The number of likely N-dealkylation sites (N-methyl/N-ethyl adjacent to an activating group) is 1. The fourth-order valence-corrected chi connectivity index (χ4v) is 3.08. The minimum absolute atomic E-state index is 0.0323. The number of nitrogens with zero attached hydrogens (tertiary/aromatic N) is 3. The molecule has 0 saturated carbocycles. The monoisotopic (exact) mass is 373 g/mol. The van der Waals surface area contributed by atoms with Gasteiger partial charge in [0.25, 0.3) is 0 Å². The van der Waals surface area contributed by atoms with E-state index in [9.17, 15) is 4.79 Å². The van der Waals surface area contributed by atoms with Crippen LogP contribution in [0.1, 0.15) is 21.1 Å². The van der Waals surface area contributed by atoms with Gasteiger partial charge in [-0.25, -0.2) is 9.98 Å². The number of guanidine groups is 1. The number of hydrogen-bond donors (Lipinski definition) is 2. The van der Waals surface area contributed by atoms with Crippen LogP contribution in [0.2, 0.25) is 0 Å². The number of benzene rings is 1. The Morgan fingerprint density at radius 1 is 1.19 bits per heavy atom. The first kappa shape index (κ1) is 19.9. The molecule has 0 fully saturated rings. The van der Waals surface area contributed by atoms with E-state index in [1.54, 1.807) is 30.3 Å². The number of thiazole rings is 1. The van der Waals surface area contributed by atoms with Crippen LogP contribution in [-0.2, 0) is 17.8 Å². The molecule has 2 N–H and O–H groups in total. The highest BCUT2D eigenvalue weighted by atomic mass is 32.1. The minimum Gasteiger partial charge on any atom is -0.356 e. The number of rotatable bonds is 7. The van der Waals surface area contributed by atoms with Crippen LogP contribution >= 0.6 is 11.3 Å². The van der Waals surface area contributed by atoms with Gasteiger partial charge in [-0.05, 0) is 25.8 Å². The second-order valence-corrected chi connectivity index (χ2v) is 7.51. The summed E-state index contributed by atoms with van der Waals surface area (Å²) in [5.41, 5.74) is 2.32. The van der Waals surface area contributed by atoms with Gasteiger partial charge in [-0.15, -0.1) is 11.3 Å². The topological polar surface area (TPSA) is 69.6 Å². The largest absolute Gasteiger partial charge is 0.356 e. The third kappa shape index (κ3) is 6.48. The molecule has 0 aliphatic heterocycles. The molecule has 140 valence electrons. The molecule has 1 amide bonds. The summed E-state index contributed by atoms with van der Waals surface area (Å²) in [6.45, 7) is 5.52. The molecule has 6 nitrogen and oxygen atoms in total. The Morgan fingerprint density at radius 2 is 1.92 bits per heavy atom. The second-order valence-electron chi connectivity index (χ2n) is 6.22. The lowest BCUT2D eigenvalue weighted by Gasteiger charge is -2.13. The molecule has 0 radical (unpaired) electrons. The average Bonchev–Trinajstić information content (AvgIpc) is 2.95. The third-order valence-electron chi connectivity index (χ3n) is 3.90. The molecule has 2 rings (SSSR count). The Labute approximate surface area is 159 Å². The van der Waals surface area contributed by atoms with Gasteiger partial charge in [0, 0.05) is 25.5 Å². The maximum atomic E-state index is 11.8. The van der Waals surface area contributed by atoms with Crippen molar-refractivity contribution in [2.45, 2.75) is 26.8 Å². The van der Waals surface area contributed by atoms with E-state index >= 15 is 0 Å². The van der Waals surface area contributed by atoms with E-state index < -0.39 is 0 Å². The molecule has 0 aliphatic rings. The SMILES string of the molecule is Cc1nc(CNC(=NCC(=O)N(C)C)NCCc2ccccc2)sc1C. The number of carbonyl (C=O) groups is 1. The standard InChI is InChI=1S/C19H27N5OS/c1-14-15(2)26-17(23-14)12-21-19(22-13-18(25)24(3)4)20-11-10-16-8-6-5-7-9-16/h5-9H,10-13H2,1-4H3,(H2,20,21,22). The van der Waals surface area contributed by atoms with Crippen LogP contribution in [0.5, 0.6) is 0 Å². The van der Waals surface area contributed by atoms with Gasteiger partial charge in [-0.2, -0.15) is 0 Å². The molecule has 1 aromatic heterocycles.